The van der Waals surface area contributed by atoms with Crippen molar-refractivity contribution in [2.24, 2.45) is 22.7 Å². The van der Waals surface area contributed by atoms with Crippen LogP contribution in [0.4, 0.5) is 0 Å². The highest BCUT2D eigenvalue weighted by Crippen LogP contribution is 2.80. The van der Waals surface area contributed by atoms with Crippen molar-refractivity contribution in [2.45, 2.75) is 120 Å². The first-order chi connectivity index (χ1) is 18.1. The van der Waals surface area contributed by atoms with Crippen molar-refractivity contribution in [3.8, 4) is 0 Å². The van der Waals surface area contributed by atoms with Gasteiger partial charge in [-0.1, -0.05) is 19.9 Å². The first-order valence-corrected chi connectivity index (χ1v) is 14.6. The van der Waals surface area contributed by atoms with Gasteiger partial charge in [0.2, 0.25) is 0 Å². The number of aliphatic hydroxyl groups is 2. The summed E-state index contributed by atoms with van der Waals surface area (Å²) in [5.41, 5.74) is 2.20. The van der Waals surface area contributed by atoms with Gasteiger partial charge in [0.15, 0.2) is 6.29 Å². The number of hydrogen-bond acceptors (Lipinski definition) is 8. The maximum atomic E-state index is 11.8. The number of epoxide rings is 1. The summed E-state index contributed by atoms with van der Waals surface area (Å²) in [6.07, 6.45) is 8.36. The van der Waals surface area contributed by atoms with Gasteiger partial charge in [0.1, 0.15) is 36.1 Å². The van der Waals surface area contributed by atoms with E-state index in [-0.39, 0.29) is 34.1 Å². The summed E-state index contributed by atoms with van der Waals surface area (Å²) in [5, 5.41) is 21.1. The SMILES string of the molecule is CO[C@H]1[C@@H](O)[C@@H](C)O[C@@H](O[C@H]2CC[C@@]3(C)[C@H](CC[C@@]45O[C@@]46CC=C(C4=CC(=O)OC4)[C@@]6(C)CC[C@H]35)C2)[C@@H]1O. The second-order valence-corrected chi connectivity index (χ2v) is 13.5. The normalized spacial score (nSPS) is 55.2. The van der Waals surface area contributed by atoms with E-state index in [2.05, 4.69) is 19.9 Å². The molecule has 0 bridgehead atoms. The molecule has 38 heavy (non-hydrogen) atoms. The van der Waals surface area contributed by atoms with Crippen LogP contribution in [0.5, 0.6) is 0 Å². The van der Waals surface area contributed by atoms with Crippen LogP contribution in [0.15, 0.2) is 23.3 Å². The van der Waals surface area contributed by atoms with Gasteiger partial charge in [-0.15, -0.1) is 0 Å². The zero-order chi connectivity index (χ0) is 26.7. The molecule has 4 aliphatic carbocycles. The number of methoxy groups -OCH3 is 1. The highest BCUT2D eigenvalue weighted by atomic mass is 16.7. The molecule has 8 nitrogen and oxygen atoms in total. The van der Waals surface area contributed by atoms with Crippen molar-refractivity contribution in [3.63, 3.8) is 0 Å². The molecule has 3 heterocycles. The standard InChI is InChI=1S/C30H42O8/c1-16-23(32)25(34-4)24(33)26(36-16)37-19-6-9-27(2)18(14-19)5-11-29-21(27)8-10-28(3)20(7-12-30(28,29)38-29)17-13-22(31)35-15-17/h7,13,16,18-19,21,23-26,32-33H,5-6,8-12,14-15H2,1-4H3/t16-,18-,19+,21-,23+,24-,25+,26+,27+,28-,29+,30-/m1/s1. The molecule has 8 heteroatoms. The van der Waals surface area contributed by atoms with E-state index in [9.17, 15) is 15.0 Å². The number of cyclic esters (lactones) is 1. The lowest BCUT2D eigenvalue weighted by atomic mass is 9.44. The fraction of sp³-hybridized carbons (Fsp3) is 0.833. The third kappa shape index (κ3) is 3.16. The Kier molecular flexibility index (Phi) is 5.65. The van der Waals surface area contributed by atoms with E-state index < -0.39 is 30.7 Å². The number of rotatable bonds is 4. The Balaban J connectivity index is 1.07. The fourth-order valence-electron chi connectivity index (χ4n) is 10.0. The van der Waals surface area contributed by atoms with Crippen LogP contribution >= 0.6 is 0 Å². The smallest absolute Gasteiger partial charge is 0.331 e. The van der Waals surface area contributed by atoms with Crippen molar-refractivity contribution in [2.75, 3.05) is 13.7 Å². The summed E-state index contributed by atoms with van der Waals surface area (Å²) in [7, 11) is 1.50. The summed E-state index contributed by atoms with van der Waals surface area (Å²) in [4.78, 5) is 11.8. The van der Waals surface area contributed by atoms with Crippen LogP contribution in [0, 0.1) is 22.7 Å². The van der Waals surface area contributed by atoms with Crippen molar-refractivity contribution >= 4 is 5.97 Å². The van der Waals surface area contributed by atoms with E-state index in [1.165, 1.54) is 12.7 Å². The van der Waals surface area contributed by atoms with E-state index >= 15 is 0 Å². The lowest BCUT2D eigenvalue weighted by Crippen LogP contribution is -2.60. The Morgan fingerprint density at radius 3 is 2.63 bits per heavy atom. The van der Waals surface area contributed by atoms with Crippen LogP contribution in [-0.4, -0.2) is 77.9 Å². The molecule has 2 saturated heterocycles. The minimum absolute atomic E-state index is 0.0104. The average Bonchev–Trinajstić information content (AvgIpc) is 3.20. The van der Waals surface area contributed by atoms with Crippen molar-refractivity contribution in [1.29, 1.82) is 0 Å². The first-order valence-electron chi connectivity index (χ1n) is 14.6. The van der Waals surface area contributed by atoms with Crippen molar-refractivity contribution < 1.29 is 38.7 Å². The Hall–Kier alpha value is -1.29. The van der Waals surface area contributed by atoms with Crippen LogP contribution < -0.4 is 0 Å². The van der Waals surface area contributed by atoms with E-state index in [1.807, 2.05) is 0 Å². The molecule has 210 valence electrons. The van der Waals surface area contributed by atoms with Gasteiger partial charge in [0.25, 0.3) is 0 Å². The van der Waals surface area contributed by atoms with E-state index in [4.69, 9.17) is 23.7 Å². The van der Waals surface area contributed by atoms with Gasteiger partial charge in [0.05, 0.1) is 12.2 Å². The summed E-state index contributed by atoms with van der Waals surface area (Å²) >= 11 is 0. The molecule has 2 spiro atoms. The molecule has 0 radical (unpaired) electrons. The van der Waals surface area contributed by atoms with Crippen LogP contribution in [-0.2, 0) is 28.5 Å². The van der Waals surface area contributed by atoms with E-state index in [0.717, 1.165) is 56.9 Å². The molecule has 0 aromatic heterocycles. The molecule has 0 unspecified atom stereocenters. The molecular weight excluding hydrogens is 488 g/mol. The molecule has 3 aliphatic heterocycles. The highest BCUT2D eigenvalue weighted by molar-refractivity contribution is 5.87. The summed E-state index contributed by atoms with van der Waals surface area (Å²) in [6.45, 7) is 7.02. The van der Waals surface area contributed by atoms with Gasteiger partial charge in [-0.3, -0.25) is 0 Å². The van der Waals surface area contributed by atoms with Crippen LogP contribution in [0.3, 0.4) is 0 Å². The molecule has 12 atom stereocenters. The zero-order valence-electron chi connectivity index (χ0n) is 23.0. The molecule has 2 N–H and O–H groups in total. The molecular formula is C30H42O8. The highest BCUT2D eigenvalue weighted by Gasteiger charge is 2.85. The Morgan fingerprint density at radius 2 is 1.89 bits per heavy atom. The van der Waals surface area contributed by atoms with Gasteiger partial charge in [-0.2, -0.15) is 0 Å². The maximum absolute atomic E-state index is 11.8. The molecule has 5 fully saturated rings. The predicted octanol–water partition coefficient (Wildman–Crippen LogP) is 3.19. The Bertz CT molecular complexity index is 1090. The number of hydrogen-bond donors (Lipinski definition) is 2. The molecule has 7 rings (SSSR count). The largest absolute Gasteiger partial charge is 0.458 e. The second kappa shape index (κ2) is 8.37. The van der Waals surface area contributed by atoms with Crippen LogP contribution in [0.2, 0.25) is 0 Å². The summed E-state index contributed by atoms with van der Waals surface area (Å²) < 4.78 is 29.9. The molecule has 0 aromatic rings. The minimum Gasteiger partial charge on any atom is -0.458 e. The maximum Gasteiger partial charge on any atom is 0.331 e. The third-order valence-corrected chi connectivity index (χ3v) is 12.1. The van der Waals surface area contributed by atoms with Gasteiger partial charge < -0.3 is 33.9 Å². The molecule has 0 aromatic carbocycles. The topological polar surface area (TPSA) is 107 Å². The lowest BCUT2D eigenvalue weighted by Gasteiger charge is -2.58. The van der Waals surface area contributed by atoms with E-state index in [1.54, 1.807) is 13.0 Å². The number of fused-ring (bicyclic) bond motifs is 2. The number of carbonyl (C=O) groups excluding carboxylic acids is 1. The minimum atomic E-state index is -1.02. The van der Waals surface area contributed by atoms with Gasteiger partial charge >= 0.3 is 5.97 Å². The van der Waals surface area contributed by atoms with Crippen LogP contribution in [0.1, 0.15) is 72.1 Å². The number of esters is 1. The number of carbonyl (C=O) groups is 1. The molecule has 3 saturated carbocycles. The van der Waals surface area contributed by atoms with Gasteiger partial charge in [-0.05, 0) is 81.1 Å². The van der Waals surface area contributed by atoms with Crippen molar-refractivity contribution in [3.05, 3.63) is 23.3 Å². The summed E-state index contributed by atoms with van der Waals surface area (Å²) in [5.74, 6) is 0.810. The van der Waals surface area contributed by atoms with Crippen LogP contribution in [0.25, 0.3) is 0 Å². The zero-order valence-corrected chi connectivity index (χ0v) is 23.0. The molecule has 7 aliphatic rings. The van der Waals surface area contributed by atoms with E-state index in [0.29, 0.717) is 18.4 Å². The second-order valence-electron chi connectivity index (χ2n) is 13.5. The fourth-order valence-corrected chi connectivity index (χ4v) is 10.0. The van der Waals surface area contributed by atoms with Gasteiger partial charge in [-0.25, -0.2) is 4.79 Å². The summed E-state index contributed by atoms with van der Waals surface area (Å²) in [6, 6.07) is 0. The first kappa shape index (κ1) is 25.7. The quantitative estimate of drug-likeness (QED) is 0.324. The lowest BCUT2D eigenvalue weighted by molar-refractivity contribution is -0.312. The average molecular weight is 531 g/mol. The van der Waals surface area contributed by atoms with Crippen molar-refractivity contribution in [1.82, 2.24) is 0 Å². The van der Waals surface area contributed by atoms with Gasteiger partial charge in [0, 0.05) is 24.2 Å². The number of aliphatic hydroxyl groups excluding tert-OH is 2. The monoisotopic (exact) mass is 530 g/mol. The molecule has 0 amide bonds. The third-order valence-electron chi connectivity index (χ3n) is 12.1. The number of ether oxygens (including phenoxy) is 5. The Morgan fingerprint density at radius 1 is 1.08 bits per heavy atom. The predicted molar refractivity (Wildman–Crippen MR) is 136 cm³/mol. The Labute approximate surface area is 224 Å².